The fraction of sp³-hybridized carbons (Fsp3) is 0.333. The Labute approximate surface area is 250 Å². The molecule has 6 rings (SSSR count). The minimum Gasteiger partial charge on any atom is -0.365 e. The number of nitrogens with one attached hydrogen (secondary N) is 2. The highest BCUT2D eigenvalue weighted by Crippen LogP contribution is 2.26. The predicted octanol–water partition coefficient (Wildman–Crippen LogP) is 4.69. The van der Waals surface area contributed by atoms with Crippen LogP contribution in [-0.2, 0) is 11.3 Å². The molecule has 2 saturated heterocycles. The first-order chi connectivity index (χ1) is 20.9. The third-order valence-corrected chi connectivity index (χ3v) is 8.09. The Morgan fingerprint density at radius 1 is 0.860 bits per heavy atom. The van der Waals surface area contributed by atoms with Crippen LogP contribution in [0.25, 0.3) is 10.9 Å². The smallest absolute Gasteiger partial charge is 0.255 e. The minimum atomic E-state index is -0.379. The first-order valence-electron chi connectivity index (χ1n) is 14.8. The van der Waals surface area contributed by atoms with Crippen LogP contribution in [0.1, 0.15) is 34.3 Å². The summed E-state index contributed by atoms with van der Waals surface area (Å²) in [5, 5.41) is 7.30. The molecule has 2 aliphatic rings. The summed E-state index contributed by atoms with van der Waals surface area (Å²) in [6, 6.07) is 19.2. The summed E-state index contributed by atoms with van der Waals surface area (Å²) < 4.78 is 13.2. The van der Waals surface area contributed by atoms with Crippen molar-refractivity contribution in [3.63, 3.8) is 0 Å². The Balaban J connectivity index is 1.10. The summed E-state index contributed by atoms with van der Waals surface area (Å²) in [5.41, 5.74) is 4.09. The van der Waals surface area contributed by atoms with Gasteiger partial charge in [-0.25, -0.2) is 9.37 Å². The molecule has 3 aromatic carbocycles. The van der Waals surface area contributed by atoms with Crippen molar-refractivity contribution in [2.45, 2.75) is 26.3 Å². The van der Waals surface area contributed by atoms with Crippen LogP contribution in [0.2, 0.25) is 0 Å². The first-order valence-corrected chi connectivity index (χ1v) is 14.8. The van der Waals surface area contributed by atoms with Crippen molar-refractivity contribution in [3.8, 4) is 0 Å². The lowest BCUT2D eigenvalue weighted by Gasteiger charge is -2.35. The summed E-state index contributed by atoms with van der Waals surface area (Å²) in [7, 11) is 0. The van der Waals surface area contributed by atoms with Crippen LogP contribution in [0.15, 0.2) is 66.7 Å². The molecule has 9 nitrogen and oxygen atoms in total. The number of piperazine rings is 1. The highest BCUT2D eigenvalue weighted by Gasteiger charge is 2.25. The van der Waals surface area contributed by atoms with E-state index in [9.17, 15) is 14.0 Å². The number of hydrogen-bond acceptors (Lipinski definition) is 7. The molecule has 2 amide bonds. The van der Waals surface area contributed by atoms with Crippen LogP contribution in [0, 0.1) is 12.7 Å². The Hall–Kier alpha value is -4.57. The van der Waals surface area contributed by atoms with Crippen LogP contribution in [0.3, 0.4) is 0 Å². The van der Waals surface area contributed by atoms with Crippen molar-refractivity contribution in [2.24, 2.45) is 0 Å². The van der Waals surface area contributed by atoms with Crippen LogP contribution < -0.4 is 15.5 Å². The van der Waals surface area contributed by atoms with Gasteiger partial charge in [0.2, 0.25) is 11.9 Å². The van der Waals surface area contributed by atoms with Crippen molar-refractivity contribution in [3.05, 3.63) is 89.2 Å². The molecule has 1 aromatic heterocycles. The molecule has 0 radical (unpaired) electrons. The van der Waals surface area contributed by atoms with Gasteiger partial charge in [0.05, 0.1) is 12.1 Å². The van der Waals surface area contributed by atoms with Gasteiger partial charge in [-0.2, -0.15) is 4.98 Å². The summed E-state index contributed by atoms with van der Waals surface area (Å²) in [5.74, 6) is 1.01. The summed E-state index contributed by atoms with van der Waals surface area (Å²) in [6.07, 6.45) is 2.22. The molecule has 4 aromatic rings. The minimum absolute atomic E-state index is 0.234. The summed E-state index contributed by atoms with van der Waals surface area (Å²) >= 11 is 0. The van der Waals surface area contributed by atoms with Gasteiger partial charge in [-0.1, -0.05) is 18.2 Å². The molecule has 2 N–H and O–H groups in total. The van der Waals surface area contributed by atoms with Crippen LogP contribution >= 0.6 is 0 Å². The van der Waals surface area contributed by atoms with E-state index >= 15 is 0 Å². The van der Waals surface area contributed by atoms with E-state index < -0.39 is 0 Å². The molecule has 43 heavy (non-hydrogen) atoms. The number of carbonyl (C=O) groups excluding carboxylic acids is 2. The molecule has 10 heteroatoms. The lowest BCUT2D eigenvalue weighted by atomic mass is 10.1. The molecule has 0 aliphatic carbocycles. The van der Waals surface area contributed by atoms with Gasteiger partial charge in [-0.05, 0) is 79.4 Å². The van der Waals surface area contributed by atoms with Gasteiger partial charge in [0.1, 0.15) is 11.6 Å². The molecule has 2 aliphatic heterocycles. The lowest BCUT2D eigenvalue weighted by molar-refractivity contribution is -0.131. The second-order valence-corrected chi connectivity index (χ2v) is 11.3. The van der Waals surface area contributed by atoms with E-state index in [1.54, 1.807) is 0 Å². The molecule has 0 atom stereocenters. The van der Waals surface area contributed by atoms with Gasteiger partial charge in [-0.3, -0.25) is 14.5 Å². The van der Waals surface area contributed by atoms with Gasteiger partial charge < -0.3 is 20.4 Å². The van der Waals surface area contributed by atoms with E-state index in [1.165, 1.54) is 24.3 Å². The topological polar surface area (TPSA) is 93.7 Å². The Kier molecular flexibility index (Phi) is 8.46. The molecule has 0 unspecified atom stereocenters. The summed E-state index contributed by atoms with van der Waals surface area (Å²) in [6.45, 7) is 7.95. The molecule has 3 heterocycles. The maximum absolute atomic E-state index is 13.2. The molecule has 2 fully saturated rings. The number of carbonyl (C=O) groups is 2. The Bertz CT molecular complexity index is 1600. The zero-order valence-corrected chi connectivity index (χ0v) is 24.4. The number of aryl methyl sites for hydroxylation is 1. The number of rotatable bonds is 8. The monoisotopic (exact) mass is 581 g/mol. The predicted molar refractivity (Wildman–Crippen MR) is 167 cm³/mol. The van der Waals surface area contributed by atoms with Gasteiger partial charge >= 0.3 is 0 Å². The van der Waals surface area contributed by atoms with E-state index in [-0.39, 0.29) is 17.6 Å². The third-order valence-electron chi connectivity index (χ3n) is 8.09. The number of halogens is 1. The van der Waals surface area contributed by atoms with Crippen LogP contribution in [0.5, 0.6) is 0 Å². The van der Waals surface area contributed by atoms with Gasteiger partial charge in [0.15, 0.2) is 0 Å². The number of aromatic nitrogens is 2. The number of benzene rings is 3. The first kappa shape index (κ1) is 28.5. The molecular weight excluding hydrogens is 545 g/mol. The van der Waals surface area contributed by atoms with Crippen LogP contribution in [-0.4, -0.2) is 77.4 Å². The fourth-order valence-corrected chi connectivity index (χ4v) is 5.56. The quantitative estimate of drug-likeness (QED) is 0.312. The highest BCUT2D eigenvalue weighted by atomic mass is 19.1. The number of likely N-dealkylation sites (tertiary alicyclic amines) is 1. The van der Waals surface area contributed by atoms with E-state index in [0.717, 1.165) is 80.0 Å². The van der Waals surface area contributed by atoms with Gasteiger partial charge in [0.25, 0.3) is 5.91 Å². The standard InChI is InChI=1S/C33H36FN7O2/c1-23-4-13-28-29(20-23)37-33(41-18-16-39(17-19-41)22-30(42)40-14-2-3-15-40)38-31(28)35-21-24-5-11-27(12-6-24)36-32(43)25-7-9-26(34)10-8-25/h4-13,20H,2-3,14-19,21-22H2,1H3,(H,36,43)(H,35,37,38). The van der Waals surface area contributed by atoms with E-state index in [1.807, 2.05) is 35.2 Å². The maximum atomic E-state index is 13.2. The van der Waals surface area contributed by atoms with Crippen molar-refractivity contribution in [2.75, 3.05) is 61.3 Å². The number of fused-ring (bicyclic) bond motifs is 1. The van der Waals surface area contributed by atoms with Gasteiger partial charge in [-0.15, -0.1) is 0 Å². The molecule has 0 spiro atoms. The van der Waals surface area contributed by atoms with Crippen LogP contribution in [0.4, 0.5) is 21.8 Å². The third kappa shape index (κ3) is 6.91. The highest BCUT2D eigenvalue weighted by molar-refractivity contribution is 6.04. The Morgan fingerprint density at radius 3 is 2.30 bits per heavy atom. The maximum Gasteiger partial charge on any atom is 0.255 e. The van der Waals surface area contributed by atoms with Crippen molar-refractivity contribution >= 4 is 40.2 Å². The number of hydrogen-bond donors (Lipinski definition) is 2. The van der Waals surface area contributed by atoms with Crippen molar-refractivity contribution in [1.82, 2.24) is 19.8 Å². The van der Waals surface area contributed by atoms with E-state index in [4.69, 9.17) is 9.97 Å². The molecular formula is C33H36FN7O2. The largest absolute Gasteiger partial charge is 0.365 e. The lowest BCUT2D eigenvalue weighted by Crippen LogP contribution is -2.50. The average Bonchev–Trinajstić information content (AvgIpc) is 3.56. The zero-order chi connectivity index (χ0) is 29.8. The zero-order valence-electron chi connectivity index (χ0n) is 24.4. The van der Waals surface area contributed by atoms with E-state index in [0.29, 0.717) is 30.3 Å². The number of amides is 2. The number of nitrogens with zero attached hydrogens (tertiary/aromatic N) is 5. The average molecular weight is 582 g/mol. The van der Waals surface area contributed by atoms with Gasteiger partial charge in [0, 0.05) is 62.5 Å². The summed E-state index contributed by atoms with van der Waals surface area (Å²) in [4.78, 5) is 41.4. The van der Waals surface area contributed by atoms with Crippen molar-refractivity contribution in [1.29, 1.82) is 0 Å². The number of anilines is 3. The molecule has 0 saturated carbocycles. The molecule has 0 bridgehead atoms. The van der Waals surface area contributed by atoms with E-state index in [2.05, 4.69) is 39.5 Å². The Morgan fingerprint density at radius 2 is 1.58 bits per heavy atom. The van der Waals surface area contributed by atoms with Crippen molar-refractivity contribution < 1.29 is 14.0 Å². The normalized spacial score (nSPS) is 15.6. The SMILES string of the molecule is Cc1ccc2c(NCc3ccc(NC(=O)c4ccc(F)cc4)cc3)nc(N3CCN(CC(=O)N4CCCC4)CC3)nc2c1. The second-order valence-electron chi connectivity index (χ2n) is 11.3. The molecule has 222 valence electrons. The fourth-order valence-electron chi connectivity index (χ4n) is 5.56. The second kappa shape index (κ2) is 12.7.